The molecule has 2 aliphatic heterocycles. The van der Waals surface area contributed by atoms with Crippen LogP contribution >= 0.6 is 11.3 Å². The molecule has 0 bridgehead atoms. The predicted molar refractivity (Wildman–Crippen MR) is 120 cm³/mol. The Labute approximate surface area is 177 Å². The molecule has 158 valence electrons. The molecule has 2 aliphatic rings. The molecule has 4 rings (SSSR count). The first-order chi connectivity index (χ1) is 14.2. The second kappa shape index (κ2) is 9.85. The monoisotopic (exact) mass is 415 g/mol. The van der Waals surface area contributed by atoms with Crippen molar-refractivity contribution in [2.75, 3.05) is 44.2 Å². The van der Waals surface area contributed by atoms with Gasteiger partial charge in [-0.1, -0.05) is 13.3 Å². The number of hydrogen-bond acceptors (Lipinski definition) is 6. The number of piperidine rings is 2. The van der Waals surface area contributed by atoms with E-state index in [0.717, 1.165) is 67.9 Å². The van der Waals surface area contributed by atoms with Crippen molar-refractivity contribution in [3.63, 3.8) is 0 Å². The molecule has 2 aromatic heterocycles. The van der Waals surface area contributed by atoms with Crippen LogP contribution in [0, 0.1) is 5.92 Å². The van der Waals surface area contributed by atoms with Crippen molar-refractivity contribution in [1.82, 2.24) is 20.2 Å². The van der Waals surface area contributed by atoms with E-state index in [4.69, 9.17) is 0 Å². The van der Waals surface area contributed by atoms with E-state index in [9.17, 15) is 4.79 Å². The number of thiophene rings is 1. The Balaban J connectivity index is 1.31. The fourth-order valence-electron chi connectivity index (χ4n) is 4.54. The number of hydrogen-bond donors (Lipinski definition) is 1. The number of nitrogens with one attached hydrogen (secondary N) is 1. The summed E-state index contributed by atoms with van der Waals surface area (Å²) in [6, 6.07) is 2.22. The number of carbonyl (C=O) groups excluding carboxylic acids is 1. The lowest BCUT2D eigenvalue weighted by atomic mass is 9.97. The lowest BCUT2D eigenvalue weighted by Gasteiger charge is -2.33. The number of amides is 1. The van der Waals surface area contributed by atoms with Crippen molar-refractivity contribution in [3.05, 3.63) is 17.3 Å². The van der Waals surface area contributed by atoms with Crippen LogP contribution in [0.3, 0.4) is 0 Å². The van der Waals surface area contributed by atoms with E-state index in [2.05, 4.69) is 38.1 Å². The fourth-order valence-corrected chi connectivity index (χ4v) is 5.47. The van der Waals surface area contributed by atoms with Crippen LogP contribution in [0.5, 0.6) is 0 Å². The first kappa shape index (κ1) is 20.5. The molecule has 0 saturated carbocycles. The molecule has 4 heterocycles. The highest BCUT2D eigenvalue weighted by Gasteiger charge is 2.27. The van der Waals surface area contributed by atoms with Gasteiger partial charge in [0.25, 0.3) is 0 Å². The van der Waals surface area contributed by atoms with Crippen molar-refractivity contribution >= 4 is 33.3 Å². The predicted octanol–water partition coefficient (Wildman–Crippen LogP) is 3.46. The lowest BCUT2D eigenvalue weighted by molar-refractivity contribution is -0.125. The minimum absolute atomic E-state index is 0.0491. The van der Waals surface area contributed by atoms with Gasteiger partial charge in [-0.05, 0) is 64.2 Å². The van der Waals surface area contributed by atoms with E-state index in [-0.39, 0.29) is 11.8 Å². The molecule has 1 atom stereocenters. The van der Waals surface area contributed by atoms with E-state index >= 15 is 0 Å². The van der Waals surface area contributed by atoms with Crippen LogP contribution < -0.4 is 10.2 Å². The van der Waals surface area contributed by atoms with Crippen molar-refractivity contribution in [2.24, 2.45) is 5.92 Å². The highest BCUT2D eigenvalue weighted by atomic mass is 32.1. The summed E-state index contributed by atoms with van der Waals surface area (Å²) in [6.45, 7) is 8.22. The highest BCUT2D eigenvalue weighted by molar-refractivity contribution is 7.18. The standard InChI is InChI=1S/C22H33N5OS/c1-2-18-14-19-20(24-16-25-22(19)29-18)27-13-6-8-17(15-27)21(28)23-9-7-12-26-10-4-3-5-11-26/h14,16-17H,2-13,15H2,1H3,(H,23,28)/t17-/m1/s1. The molecule has 0 aromatic carbocycles. The van der Waals surface area contributed by atoms with Crippen molar-refractivity contribution in [2.45, 2.75) is 51.9 Å². The summed E-state index contributed by atoms with van der Waals surface area (Å²) in [5.74, 6) is 1.25. The molecule has 29 heavy (non-hydrogen) atoms. The number of carbonyl (C=O) groups is 1. The Kier molecular flexibility index (Phi) is 6.98. The molecule has 1 N–H and O–H groups in total. The summed E-state index contributed by atoms with van der Waals surface area (Å²) in [6.07, 6.45) is 9.74. The SMILES string of the molecule is CCc1cc2c(N3CCC[C@@H](C(=O)NCCCN4CCCCC4)C3)ncnc2s1. The highest BCUT2D eigenvalue weighted by Crippen LogP contribution is 2.32. The Morgan fingerprint density at radius 2 is 2.07 bits per heavy atom. The maximum Gasteiger partial charge on any atom is 0.224 e. The fraction of sp³-hybridized carbons (Fsp3) is 0.682. The molecule has 2 fully saturated rings. The van der Waals surface area contributed by atoms with Crippen LogP contribution in [0.4, 0.5) is 5.82 Å². The average molecular weight is 416 g/mol. The van der Waals surface area contributed by atoms with Crippen LogP contribution in [-0.4, -0.2) is 60.0 Å². The number of aryl methyl sites for hydroxylation is 1. The summed E-state index contributed by atoms with van der Waals surface area (Å²) in [4.78, 5) is 29.0. The molecule has 2 aromatic rings. The van der Waals surface area contributed by atoms with Gasteiger partial charge in [0.2, 0.25) is 5.91 Å². The molecular weight excluding hydrogens is 382 g/mol. The van der Waals surface area contributed by atoms with Gasteiger partial charge in [0.15, 0.2) is 0 Å². The van der Waals surface area contributed by atoms with E-state index in [1.165, 1.54) is 37.2 Å². The summed E-state index contributed by atoms with van der Waals surface area (Å²) in [5, 5.41) is 4.33. The third kappa shape index (κ3) is 5.07. The van der Waals surface area contributed by atoms with Gasteiger partial charge >= 0.3 is 0 Å². The van der Waals surface area contributed by atoms with Crippen molar-refractivity contribution in [3.8, 4) is 0 Å². The molecule has 6 nitrogen and oxygen atoms in total. The number of aromatic nitrogens is 2. The Bertz CT molecular complexity index is 817. The lowest BCUT2D eigenvalue weighted by Crippen LogP contribution is -2.44. The zero-order valence-electron chi connectivity index (χ0n) is 17.5. The van der Waals surface area contributed by atoms with Gasteiger partial charge in [-0.15, -0.1) is 11.3 Å². The second-order valence-corrected chi connectivity index (χ2v) is 9.43. The van der Waals surface area contributed by atoms with Gasteiger partial charge in [0.05, 0.1) is 11.3 Å². The quantitative estimate of drug-likeness (QED) is 0.702. The third-order valence-electron chi connectivity index (χ3n) is 6.20. The number of likely N-dealkylation sites (tertiary alicyclic amines) is 1. The van der Waals surface area contributed by atoms with E-state index in [1.807, 2.05) is 0 Å². The van der Waals surface area contributed by atoms with Crippen molar-refractivity contribution in [1.29, 1.82) is 0 Å². The van der Waals surface area contributed by atoms with Crippen LogP contribution in [0.1, 0.15) is 50.3 Å². The number of fused-ring (bicyclic) bond motifs is 1. The zero-order chi connectivity index (χ0) is 20.1. The molecule has 0 radical (unpaired) electrons. The molecule has 0 spiro atoms. The first-order valence-corrected chi connectivity index (χ1v) is 12.0. The normalized spacial score (nSPS) is 20.9. The van der Waals surface area contributed by atoms with E-state index < -0.39 is 0 Å². The summed E-state index contributed by atoms with van der Waals surface area (Å²) in [5.41, 5.74) is 0. The zero-order valence-corrected chi connectivity index (χ0v) is 18.3. The van der Waals surface area contributed by atoms with Crippen LogP contribution in [0.15, 0.2) is 12.4 Å². The molecule has 7 heteroatoms. The molecule has 2 saturated heterocycles. The summed E-state index contributed by atoms with van der Waals surface area (Å²) in [7, 11) is 0. The number of anilines is 1. The van der Waals surface area contributed by atoms with Gasteiger partial charge in [0, 0.05) is 24.5 Å². The first-order valence-electron chi connectivity index (χ1n) is 11.2. The van der Waals surface area contributed by atoms with Crippen LogP contribution in [-0.2, 0) is 11.2 Å². The third-order valence-corrected chi connectivity index (χ3v) is 7.39. The number of rotatable bonds is 7. The smallest absolute Gasteiger partial charge is 0.224 e. The number of nitrogens with zero attached hydrogens (tertiary/aromatic N) is 4. The van der Waals surface area contributed by atoms with Gasteiger partial charge in [-0.3, -0.25) is 4.79 Å². The van der Waals surface area contributed by atoms with Crippen LogP contribution in [0.2, 0.25) is 0 Å². The topological polar surface area (TPSA) is 61.4 Å². The van der Waals surface area contributed by atoms with Gasteiger partial charge in [0.1, 0.15) is 17.0 Å². The van der Waals surface area contributed by atoms with Crippen molar-refractivity contribution < 1.29 is 4.79 Å². The minimum atomic E-state index is 0.0491. The van der Waals surface area contributed by atoms with Gasteiger partial charge in [-0.2, -0.15) is 0 Å². The Morgan fingerprint density at radius 3 is 2.90 bits per heavy atom. The second-order valence-electron chi connectivity index (χ2n) is 8.31. The van der Waals surface area contributed by atoms with Crippen LogP contribution in [0.25, 0.3) is 10.2 Å². The Morgan fingerprint density at radius 1 is 1.21 bits per heavy atom. The maximum absolute atomic E-state index is 12.8. The largest absolute Gasteiger partial charge is 0.356 e. The van der Waals surface area contributed by atoms with E-state index in [1.54, 1.807) is 17.7 Å². The van der Waals surface area contributed by atoms with Gasteiger partial charge in [-0.25, -0.2) is 9.97 Å². The summed E-state index contributed by atoms with van der Waals surface area (Å²) >= 11 is 1.75. The van der Waals surface area contributed by atoms with E-state index in [0.29, 0.717) is 0 Å². The van der Waals surface area contributed by atoms with Gasteiger partial charge < -0.3 is 15.1 Å². The Hall–Kier alpha value is -1.73. The molecule has 1 amide bonds. The maximum atomic E-state index is 12.8. The average Bonchev–Trinajstić information content (AvgIpc) is 3.21. The summed E-state index contributed by atoms with van der Waals surface area (Å²) < 4.78 is 0. The minimum Gasteiger partial charge on any atom is -0.356 e. The molecule has 0 unspecified atom stereocenters. The molecule has 0 aliphatic carbocycles. The molecular formula is C22H33N5OS.